The van der Waals surface area contributed by atoms with E-state index in [0.717, 1.165) is 23.5 Å². The summed E-state index contributed by atoms with van der Waals surface area (Å²) in [5.74, 6) is 2.33. The van der Waals surface area contributed by atoms with Gasteiger partial charge in [-0.3, -0.25) is 4.99 Å². The Hall–Kier alpha value is -1.23. The SMILES string of the molecule is CN=C(NCc1ccc2c(c1)OCCCO2)NC(C)CCS(C)(=O)=O.I. The number of aliphatic imine (C=N–C) groups is 1. The predicted octanol–water partition coefficient (Wildman–Crippen LogP) is 1.95. The molecule has 1 aromatic carbocycles. The van der Waals surface area contributed by atoms with Crippen LogP contribution in [0.3, 0.4) is 0 Å². The molecule has 1 aliphatic rings. The molecule has 148 valence electrons. The number of rotatable bonds is 6. The first kappa shape index (κ1) is 22.8. The molecule has 0 saturated carbocycles. The van der Waals surface area contributed by atoms with E-state index in [1.807, 2.05) is 25.1 Å². The average Bonchev–Trinajstić information content (AvgIpc) is 2.81. The molecule has 2 rings (SSSR count). The van der Waals surface area contributed by atoms with E-state index in [9.17, 15) is 8.42 Å². The van der Waals surface area contributed by atoms with Gasteiger partial charge in [-0.25, -0.2) is 8.42 Å². The van der Waals surface area contributed by atoms with Gasteiger partial charge in [-0.05, 0) is 31.0 Å². The van der Waals surface area contributed by atoms with E-state index in [0.29, 0.717) is 32.1 Å². The Morgan fingerprint density at radius 3 is 2.62 bits per heavy atom. The Balaban J connectivity index is 0.00000338. The standard InChI is InChI=1S/C17H27N3O4S.HI/c1-13(7-10-25(3,21)22)20-17(18-2)19-12-14-5-6-15-16(11-14)24-9-4-8-23-15;/h5-6,11,13H,4,7-10,12H2,1-3H3,(H2,18,19,20);1H. The van der Waals surface area contributed by atoms with Crippen molar-refractivity contribution in [3.05, 3.63) is 23.8 Å². The summed E-state index contributed by atoms with van der Waals surface area (Å²) >= 11 is 0. The fourth-order valence-corrected chi connectivity index (χ4v) is 3.18. The summed E-state index contributed by atoms with van der Waals surface area (Å²) in [4.78, 5) is 4.18. The van der Waals surface area contributed by atoms with Crippen LogP contribution in [0.2, 0.25) is 0 Å². The zero-order valence-corrected chi connectivity index (χ0v) is 18.6. The van der Waals surface area contributed by atoms with Crippen LogP contribution in [0.4, 0.5) is 0 Å². The molecular formula is C17H28IN3O4S. The minimum Gasteiger partial charge on any atom is -0.490 e. The third-order valence-electron chi connectivity index (χ3n) is 3.80. The molecule has 9 heteroatoms. The molecule has 0 saturated heterocycles. The van der Waals surface area contributed by atoms with Gasteiger partial charge in [0.05, 0.1) is 19.0 Å². The van der Waals surface area contributed by atoms with E-state index < -0.39 is 9.84 Å². The Labute approximate surface area is 172 Å². The first-order valence-corrected chi connectivity index (χ1v) is 10.5. The minimum absolute atomic E-state index is 0. The average molecular weight is 497 g/mol. The Kier molecular flexibility index (Phi) is 9.48. The van der Waals surface area contributed by atoms with E-state index in [4.69, 9.17) is 9.47 Å². The largest absolute Gasteiger partial charge is 0.490 e. The number of halogens is 1. The Bertz CT molecular complexity index is 710. The highest BCUT2D eigenvalue weighted by Gasteiger charge is 2.12. The molecule has 7 nitrogen and oxygen atoms in total. The number of hydrogen-bond acceptors (Lipinski definition) is 5. The van der Waals surface area contributed by atoms with Crippen molar-refractivity contribution in [3.8, 4) is 11.5 Å². The van der Waals surface area contributed by atoms with Crippen LogP contribution in [0.15, 0.2) is 23.2 Å². The molecular weight excluding hydrogens is 469 g/mol. The molecule has 1 unspecified atom stereocenters. The van der Waals surface area contributed by atoms with Crippen LogP contribution in [-0.4, -0.2) is 52.7 Å². The van der Waals surface area contributed by atoms with Gasteiger partial charge in [0.15, 0.2) is 17.5 Å². The van der Waals surface area contributed by atoms with Crippen LogP contribution in [0, 0.1) is 0 Å². The fraction of sp³-hybridized carbons (Fsp3) is 0.588. The second-order valence-electron chi connectivity index (χ2n) is 6.22. The van der Waals surface area contributed by atoms with Crippen molar-refractivity contribution in [1.82, 2.24) is 10.6 Å². The normalized spacial score (nSPS) is 15.4. The number of nitrogens with one attached hydrogen (secondary N) is 2. The van der Waals surface area contributed by atoms with Gasteiger partial charge in [-0.15, -0.1) is 24.0 Å². The van der Waals surface area contributed by atoms with Gasteiger partial charge in [-0.2, -0.15) is 0 Å². The third-order valence-corrected chi connectivity index (χ3v) is 4.78. The summed E-state index contributed by atoms with van der Waals surface area (Å²) in [6, 6.07) is 5.88. The van der Waals surface area contributed by atoms with Crippen molar-refractivity contribution in [3.63, 3.8) is 0 Å². The topological polar surface area (TPSA) is 89.0 Å². The molecule has 0 fully saturated rings. The number of ether oxygens (including phenoxy) is 2. The highest BCUT2D eigenvalue weighted by atomic mass is 127. The van der Waals surface area contributed by atoms with Gasteiger partial charge in [-0.1, -0.05) is 6.07 Å². The zero-order valence-electron chi connectivity index (χ0n) is 15.4. The fourth-order valence-electron chi connectivity index (χ4n) is 2.39. The molecule has 0 spiro atoms. The van der Waals surface area contributed by atoms with Crippen LogP contribution in [0.1, 0.15) is 25.3 Å². The predicted molar refractivity (Wildman–Crippen MR) is 115 cm³/mol. The maximum atomic E-state index is 11.2. The molecule has 1 aliphatic heterocycles. The van der Waals surface area contributed by atoms with Crippen LogP contribution in [0.25, 0.3) is 0 Å². The Morgan fingerprint density at radius 2 is 1.96 bits per heavy atom. The molecule has 0 bridgehead atoms. The summed E-state index contributed by atoms with van der Waals surface area (Å²) in [7, 11) is -1.27. The molecule has 1 heterocycles. The van der Waals surface area contributed by atoms with Gasteiger partial charge in [0.25, 0.3) is 0 Å². The Morgan fingerprint density at radius 1 is 1.27 bits per heavy atom. The third kappa shape index (κ3) is 7.98. The van der Waals surface area contributed by atoms with Gasteiger partial charge in [0.1, 0.15) is 9.84 Å². The van der Waals surface area contributed by atoms with Crippen molar-refractivity contribution >= 4 is 39.8 Å². The van der Waals surface area contributed by atoms with Crippen LogP contribution in [0.5, 0.6) is 11.5 Å². The van der Waals surface area contributed by atoms with Gasteiger partial charge < -0.3 is 20.1 Å². The molecule has 0 aliphatic carbocycles. The number of benzene rings is 1. The molecule has 0 aromatic heterocycles. The lowest BCUT2D eigenvalue weighted by molar-refractivity contribution is 0.297. The zero-order chi connectivity index (χ0) is 18.3. The van der Waals surface area contributed by atoms with E-state index in [1.165, 1.54) is 6.26 Å². The molecule has 2 N–H and O–H groups in total. The second-order valence-corrected chi connectivity index (χ2v) is 8.48. The molecule has 0 radical (unpaired) electrons. The van der Waals surface area contributed by atoms with E-state index in [-0.39, 0.29) is 35.8 Å². The molecule has 1 aromatic rings. The van der Waals surface area contributed by atoms with Crippen molar-refractivity contribution in [2.45, 2.75) is 32.4 Å². The minimum atomic E-state index is -2.95. The highest BCUT2D eigenvalue weighted by Crippen LogP contribution is 2.30. The van der Waals surface area contributed by atoms with Crippen molar-refractivity contribution in [2.24, 2.45) is 4.99 Å². The second kappa shape index (κ2) is 10.8. The van der Waals surface area contributed by atoms with E-state index >= 15 is 0 Å². The van der Waals surface area contributed by atoms with Gasteiger partial charge in [0.2, 0.25) is 0 Å². The van der Waals surface area contributed by atoms with Gasteiger partial charge >= 0.3 is 0 Å². The van der Waals surface area contributed by atoms with Crippen LogP contribution >= 0.6 is 24.0 Å². The smallest absolute Gasteiger partial charge is 0.191 e. The van der Waals surface area contributed by atoms with Crippen molar-refractivity contribution in [2.75, 3.05) is 32.3 Å². The summed E-state index contributed by atoms with van der Waals surface area (Å²) < 4.78 is 33.8. The summed E-state index contributed by atoms with van der Waals surface area (Å²) in [6.45, 7) is 3.85. The van der Waals surface area contributed by atoms with Crippen molar-refractivity contribution in [1.29, 1.82) is 0 Å². The maximum Gasteiger partial charge on any atom is 0.191 e. The molecule has 26 heavy (non-hydrogen) atoms. The summed E-state index contributed by atoms with van der Waals surface area (Å²) in [6.07, 6.45) is 2.66. The number of guanidine groups is 1. The summed E-state index contributed by atoms with van der Waals surface area (Å²) in [5.41, 5.74) is 1.05. The van der Waals surface area contributed by atoms with Gasteiger partial charge in [0, 0.05) is 32.3 Å². The highest BCUT2D eigenvalue weighted by molar-refractivity contribution is 14.0. The first-order chi connectivity index (χ1) is 11.9. The number of hydrogen-bond donors (Lipinski definition) is 2. The van der Waals surface area contributed by atoms with Crippen molar-refractivity contribution < 1.29 is 17.9 Å². The lowest BCUT2D eigenvalue weighted by Gasteiger charge is -2.18. The lowest BCUT2D eigenvalue weighted by Crippen LogP contribution is -2.42. The molecule has 0 amide bonds. The monoisotopic (exact) mass is 497 g/mol. The lowest BCUT2D eigenvalue weighted by atomic mass is 10.2. The van der Waals surface area contributed by atoms with Crippen LogP contribution in [-0.2, 0) is 16.4 Å². The van der Waals surface area contributed by atoms with E-state index in [1.54, 1.807) is 7.05 Å². The quantitative estimate of drug-likeness (QED) is 0.355. The number of nitrogens with zero attached hydrogens (tertiary/aromatic N) is 1. The molecule has 1 atom stereocenters. The maximum absolute atomic E-state index is 11.2. The number of fused-ring (bicyclic) bond motifs is 1. The number of sulfone groups is 1. The summed E-state index contributed by atoms with van der Waals surface area (Å²) in [5, 5.41) is 6.43. The van der Waals surface area contributed by atoms with E-state index in [2.05, 4.69) is 15.6 Å². The van der Waals surface area contributed by atoms with Crippen LogP contribution < -0.4 is 20.1 Å². The first-order valence-electron chi connectivity index (χ1n) is 8.41.